The number of amides is 2. The molecule has 0 unspecified atom stereocenters. The number of nitrogens with one attached hydrogen (secondary N) is 1. The fraction of sp³-hybridized carbons (Fsp3) is 0.588. The molecule has 3 heterocycles. The zero-order chi connectivity index (χ0) is 17.0. The lowest BCUT2D eigenvalue weighted by Gasteiger charge is -2.37. The molecule has 2 aliphatic heterocycles. The van der Waals surface area contributed by atoms with Gasteiger partial charge in [0.2, 0.25) is 0 Å². The van der Waals surface area contributed by atoms with E-state index in [1.807, 2.05) is 6.92 Å². The average molecular weight is 333 g/mol. The number of carbonyl (C=O) groups is 2. The third kappa shape index (κ3) is 3.57. The van der Waals surface area contributed by atoms with Crippen LogP contribution in [-0.4, -0.2) is 60.3 Å². The molecule has 0 atom stereocenters. The summed E-state index contributed by atoms with van der Waals surface area (Å²) < 4.78 is 11.3. The highest BCUT2D eigenvalue weighted by molar-refractivity contribution is 5.98. The van der Waals surface area contributed by atoms with Crippen molar-refractivity contribution in [2.24, 2.45) is 0 Å². The highest BCUT2D eigenvalue weighted by atomic mass is 16.7. The molecule has 2 aliphatic rings. The lowest BCUT2D eigenvalue weighted by Crippen LogP contribution is -2.47. The third-order valence-corrected chi connectivity index (χ3v) is 4.40. The fourth-order valence-electron chi connectivity index (χ4n) is 3.03. The van der Waals surface area contributed by atoms with Crippen molar-refractivity contribution in [3.8, 4) is 0 Å². The summed E-state index contributed by atoms with van der Waals surface area (Å²) in [5.41, 5.74) is 0.751. The molecule has 7 nitrogen and oxygen atoms in total. The van der Waals surface area contributed by atoms with E-state index in [1.54, 1.807) is 17.0 Å². The molecular weight excluding hydrogens is 310 g/mol. The van der Waals surface area contributed by atoms with Gasteiger partial charge in [-0.25, -0.2) is 0 Å². The summed E-state index contributed by atoms with van der Waals surface area (Å²) in [7, 11) is 0. The molecular formula is C17H23N3O4. The molecule has 0 saturated carbocycles. The van der Waals surface area contributed by atoms with Crippen LogP contribution in [0.25, 0.3) is 0 Å². The number of ether oxygens (including phenoxy) is 2. The molecule has 1 aromatic rings. The van der Waals surface area contributed by atoms with Crippen LogP contribution in [0.4, 0.5) is 0 Å². The summed E-state index contributed by atoms with van der Waals surface area (Å²) in [4.78, 5) is 30.5. The minimum Gasteiger partial charge on any atom is -0.352 e. The van der Waals surface area contributed by atoms with Gasteiger partial charge in [0.15, 0.2) is 5.79 Å². The van der Waals surface area contributed by atoms with Gasteiger partial charge in [0, 0.05) is 44.2 Å². The first-order valence-electron chi connectivity index (χ1n) is 8.45. The Bertz CT molecular complexity index is 604. The van der Waals surface area contributed by atoms with Crippen LogP contribution in [-0.2, 0) is 9.47 Å². The van der Waals surface area contributed by atoms with Crippen molar-refractivity contribution in [3.05, 3.63) is 29.6 Å². The number of hydrogen-bond donors (Lipinski definition) is 1. The van der Waals surface area contributed by atoms with Gasteiger partial charge in [-0.15, -0.1) is 0 Å². The molecule has 1 spiro atoms. The number of rotatable bonds is 4. The van der Waals surface area contributed by atoms with Gasteiger partial charge in [-0.3, -0.25) is 14.6 Å². The Kier molecular flexibility index (Phi) is 5.11. The van der Waals surface area contributed by atoms with Crippen LogP contribution < -0.4 is 5.32 Å². The summed E-state index contributed by atoms with van der Waals surface area (Å²) in [6, 6.07) is 3.17. The van der Waals surface area contributed by atoms with Crippen LogP contribution in [0.5, 0.6) is 0 Å². The normalized spacial score (nSPS) is 19.5. The van der Waals surface area contributed by atoms with E-state index in [4.69, 9.17) is 9.47 Å². The summed E-state index contributed by atoms with van der Waals surface area (Å²) in [6.07, 6.45) is 3.69. The highest BCUT2D eigenvalue weighted by Gasteiger charge is 2.41. The van der Waals surface area contributed by atoms with Gasteiger partial charge in [-0.1, -0.05) is 6.92 Å². The Labute approximate surface area is 141 Å². The second-order valence-electron chi connectivity index (χ2n) is 6.09. The lowest BCUT2D eigenvalue weighted by molar-refractivity contribution is -0.181. The van der Waals surface area contributed by atoms with Crippen molar-refractivity contribution in [1.29, 1.82) is 0 Å². The van der Waals surface area contributed by atoms with Crippen LogP contribution in [0.2, 0.25) is 0 Å². The number of piperidine rings is 1. The monoisotopic (exact) mass is 333 g/mol. The van der Waals surface area contributed by atoms with E-state index in [0.29, 0.717) is 56.9 Å². The first kappa shape index (κ1) is 16.9. The Morgan fingerprint density at radius 1 is 1.29 bits per heavy atom. The van der Waals surface area contributed by atoms with E-state index in [-0.39, 0.29) is 11.8 Å². The summed E-state index contributed by atoms with van der Waals surface area (Å²) >= 11 is 0. The Morgan fingerprint density at radius 3 is 2.67 bits per heavy atom. The highest BCUT2D eigenvalue weighted by Crippen LogP contribution is 2.31. The number of hydrogen-bond acceptors (Lipinski definition) is 5. The zero-order valence-corrected chi connectivity index (χ0v) is 13.9. The number of likely N-dealkylation sites (tertiary alicyclic amines) is 1. The largest absolute Gasteiger partial charge is 0.352 e. The molecule has 7 heteroatoms. The van der Waals surface area contributed by atoms with E-state index in [2.05, 4.69) is 10.3 Å². The quantitative estimate of drug-likeness (QED) is 0.895. The molecule has 24 heavy (non-hydrogen) atoms. The van der Waals surface area contributed by atoms with E-state index < -0.39 is 5.79 Å². The molecule has 0 bridgehead atoms. The van der Waals surface area contributed by atoms with Crippen LogP contribution in [0.15, 0.2) is 18.3 Å². The predicted octanol–water partition coefficient (Wildman–Crippen LogP) is 1.20. The van der Waals surface area contributed by atoms with E-state index >= 15 is 0 Å². The molecule has 2 fully saturated rings. The SMILES string of the molecule is CCCNC(=O)c1ccnc(C(=O)N2CCC3(CC2)OCCO3)c1. The van der Waals surface area contributed by atoms with Gasteiger partial charge in [-0.05, 0) is 18.6 Å². The molecule has 0 aliphatic carbocycles. The molecule has 3 rings (SSSR count). The second-order valence-corrected chi connectivity index (χ2v) is 6.09. The van der Waals surface area contributed by atoms with Crippen molar-refractivity contribution < 1.29 is 19.1 Å². The maximum atomic E-state index is 12.6. The van der Waals surface area contributed by atoms with Gasteiger partial charge in [0.1, 0.15) is 5.69 Å². The summed E-state index contributed by atoms with van der Waals surface area (Å²) in [6.45, 7) is 4.95. The first-order valence-corrected chi connectivity index (χ1v) is 8.45. The van der Waals surface area contributed by atoms with E-state index in [9.17, 15) is 9.59 Å². The number of aromatic nitrogens is 1. The molecule has 2 amide bonds. The molecule has 1 aromatic heterocycles. The van der Waals surface area contributed by atoms with E-state index in [1.165, 1.54) is 6.20 Å². The van der Waals surface area contributed by atoms with Crippen molar-refractivity contribution in [2.45, 2.75) is 32.0 Å². The number of nitrogens with zero attached hydrogens (tertiary/aromatic N) is 2. The topological polar surface area (TPSA) is 80.8 Å². The maximum absolute atomic E-state index is 12.6. The van der Waals surface area contributed by atoms with Crippen molar-refractivity contribution in [1.82, 2.24) is 15.2 Å². The minimum absolute atomic E-state index is 0.159. The average Bonchev–Trinajstić information content (AvgIpc) is 3.08. The van der Waals surface area contributed by atoms with Crippen molar-refractivity contribution in [2.75, 3.05) is 32.8 Å². The summed E-state index contributed by atoms with van der Waals surface area (Å²) in [5, 5.41) is 2.80. The molecule has 1 N–H and O–H groups in total. The van der Waals surface area contributed by atoms with Gasteiger partial charge in [0.05, 0.1) is 13.2 Å². The van der Waals surface area contributed by atoms with Crippen LogP contribution in [0.3, 0.4) is 0 Å². The Hall–Kier alpha value is -1.99. The predicted molar refractivity (Wildman–Crippen MR) is 86.6 cm³/mol. The maximum Gasteiger partial charge on any atom is 0.272 e. The smallest absolute Gasteiger partial charge is 0.272 e. The Morgan fingerprint density at radius 2 is 2.00 bits per heavy atom. The van der Waals surface area contributed by atoms with Gasteiger partial charge in [0.25, 0.3) is 11.8 Å². The van der Waals surface area contributed by atoms with Crippen LogP contribution in [0, 0.1) is 0 Å². The lowest BCUT2D eigenvalue weighted by atomic mass is 10.0. The summed E-state index contributed by atoms with van der Waals surface area (Å²) in [5.74, 6) is -0.849. The molecule has 130 valence electrons. The van der Waals surface area contributed by atoms with Crippen molar-refractivity contribution in [3.63, 3.8) is 0 Å². The molecule has 0 radical (unpaired) electrons. The van der Waals surface area contributed by atoms with Crippen LogP contribution in [0.1, 0.15) is 47.0 Å². The van der Waals surface area contributed by atoms with Crippen molar-refractivity contribution >= 4 is 11.8 Å². The second kappa shape index (κ2) is 7.27. The minimum atomic E-state index is -0.508. The van der Waals surface area contributed by atoms with Gasteiger partial charge < -0.3 is 19.7 Å². The number of pyridine rings is 1. The van der Waals surface area contributed by atoms with Crippen LogP contribution >= 0.6 is 0 Å². The van der Waals surface area contributed by atoms with Gasteiger partial charge in [-0.2, -0.15) is 0 Å². The molecule has 2 saturated heterocycles. The molecule has 0 aromatic carbocycles. The van der Waals surface area contributed by atoms with Gasteiger partial charge >= 0.3 is 0 Å². The third-order valence-electron chi connectivity index (χ3n) is 4.40. The fourth-order valence-corrected chi connectivity index (χ4v) is 3.03. The standard InChI is InChI=1S/C17H23N3O4/c1-2-6-19-15(21)13-3-7-18-14(12-13)16(22)20-8-4-17(5-9-20)23-10-11-24-17/h3,7,12H,2,4-6,8-11H2,1H3,(H,19,21). The van der Waals surface area contributed by atoms with E-state index in [0.717, 1.165) is 6.42 Å². The number of carbonyl (C=O) groups excluding carboxylic acids is 2. The zero-order valence-electron chi connectivity index (χ0n) is 13.9. The Balaban J connectivity index is 1.64. The first-order chi connectivity index (χ1) is 11.6.